The molecule has 0 aliphatic carbocycles. The fourth-order valence-corrected chi connectivity index (χ4v) is 1.08. The van der Waals surface area contributed by atoms with Gasteiger partial charge in [-0.1, -0.05) is 107 Å². The van der Waals surface area contributed by atoms with Crippen LogP contribution in [0, 0.1) is 0 Å². The third-order valence-corrected chi connectivity index (χ3v) is 2.42. The Kier molecular flexibility index (Phi) is 80.0. The van der Waals surface area contributed by atoms with Gasteiger partial charge in [-0.05, 0) is 33.4 Å². The maximum Gasteiger partial charge on any atom is 0.0273 e. The van der Waals surface area contributed by atoms with Gasteiger partial charge in [-0.25, -0.2) is 0 Å². The van der Waals surface area contributed by atoms with Crippen LogP contribution in [0.25, 0.3) is 0 Å². The molecule has 0 radical (unpaired) electrons. The molecule has 0 spiro atoms. The monoisotopic (exact) mass is 345 g/mol. The van der Waals surface area contributed by atoms with Crippen LogP contribution in [0.1, 0.15) is 109 Å². The molecule has 0 aromatic carbocycles. The molecule has 0 heterocycles. The summed E-state index contributed by atoms with van der Waals surface area (Å²) in [6.45, 7) is 33.7. The first-order valence-electron chi connectivity index (χ1n) is 10.4. The van der Waals surface area contributed by atoms with Gasteiger partial charge in [0, 0.05) is 6.04 Å². The molecule has 0 aromatic heterocycles. The second-order valence-corrected chi connectivity index (χ2v) is 4.65. The van der Waals surface area contributed by atoms with Crippen LogP contribution in [0.5, 0.6) is 0 Å². The topological polar surface area (TPSA) is 3.24 Å². The van der Waals surface area contributed by atoms with Crippen LogP contribution in [0.2, 0.25) is 0 Å². The molecule has 0 aromatic rings. The van der Waals surface area contributed by atoms with E-state index < -0.39 is 0 Å². The van der Waals surface area contributed by atoms with E-state index in [1.54, 1.807) is 0 Å². The number of hydrogen-bond acceptors (Lipinski definition) is 1. The summed E-state index contributed by atoms with van der Waals surface area (Å²) in [7, 11) is 2.13. The Morgan fingerprint density at radius 2 is 1.17 bits per heavy atom. The van der Waals surface area contributed by atoms with Gasteiger partial charge in [0.2, 0.25) is 0 Å². The van der Waals surface area contributed by atoms with Crippen LogP contribution in [0.15, 0.2) is 24.8 Å². The molecule has 0 bridgehead atoms. The number of hydrogen-bond donors (Lipinski definition) is 0. The van der Waals surface area contributed by atoms with E-state index in [9.17, 15) is 0 Å². The quantitative estimate of drug-likeness (QED) is 0.435. The first-order chi connectivity index (χ1) is 11.5. The minimum Gasteiger partial charge on any atom is -0.300 e. The summed E-state index contributed by atoms with van der Waals surface area (Å²) in [6.07, 6.45) is 6.56. The average Bonchev–Trinajstić information content (AvgIpc) is 2.64. The van der Waals surface area contributed by atoms with E-state index >= 15 is 0 Å². The van der Waals surface area contributed by atoms with Crippen molar-refractivity contribution >= 4 is 0 Å². The minimum absolute atomic E-state index is 0.495. The lowest BCUT2D eigenvalue weighted by Gasteiger charge is -2.24. The van der Waals surface area contributed by atoms with Gasteiger partial charge in [0.25, 0.3) is 0 Å². The SMILES string of the molecule is C=CCCC(=C)C(C)N(C)CC.CC.CC.CC.CCC.CCC. The highest BCUT2D eigenvalue weighted by molar-refractivity contribution is 5.04. The van der Waals surface area contributed by atoms with E-state index in [1.165, 1.54) is 18.4 Å². The second kappa shape index (κ2) is 49.5. The molecule has 1 atom stereocenters. The second-order valence-electron chi connectivity index (χ2n) is 4.65. The van der Waals surface area contributed by atoms with Crippen LogP contribution >= 0.6 is 0 Å². The molecule has 0 aliphatic heterocycles. The molecule has 24 heavy (non-hydrogen) atoms. The zero-order chi connectivity index (χ0) is 21.0. The van der Waals surface area contributed by atoms with Gasteiger partial charge in [-0.2, -0.15) is 0 Å². The van der Waals surface area contributed by atoms with Crippen molar-refractivity contribution in [2.45, 2.75) is 115 Å². The van der Waals surface area contributed by atoms with Crippen LogP contribution in [-0.4, -0.2) is 24.5 Å². The summed E-state index contributed by atoms with van der Waals surface area (Å²) in [6, 6.07) is 0.495. The van der Waals surface area contributed by atoms with Crippen molar-refractivity contribution in [3.05, 3.63) is 24.8 Å². The van der Waals surface area contributed by atoms with Crippen LogP contribution in [0.4, 0.5) is 0 Å². The van der Waals surface area contributed by atoms with Gasteiger partial charge in [0.15, 0.2) is 0 Å². The van der Waals surface area contributed by atoms with Crippen molar-refractivity contribution in [3.8, 4) is 0 Å². The number of nitrogens with zero attached hydrogens (tertiary/aromatic N) is 1. The summed E-state index contributed by atoms with van der Waals surface area (Å²) in [5.74, 6) is 0. The lowest BCUT2D eigenvalue weighted by atomic mass is 10.0. The van der Waals surface area contributed by atoms with Gasteiger partial charge in [0.1, 0.15) is 0 Å². The maximum atomic E-state index is 4.07. The zero-order valence-corrected chi connectivity index (χ0v) is 20.1. The number of rotatable bonds is 6. The molecule has 0 rings (SSSR count). The first-order valence-corrected chi connectivity index (χ1v) is 10.4. The largest absolute Gasteiger partial charge is 0.300 e. The Hall–Kier alpha value is -0.560. The molecule has 0 fully saturated rings. The van der Waals surface area contributed by atoms with E-state index in [0.29, 0.717) is 6.04 Å². The Labute approximate surface area is 158 Å². The smallest absolute Gasteiger partial charge is 0.0273 e. The van der Waals surface area contributed by atoms with Crippen LogP contribution in [0.3, 0.4) is 0 Å². The number of likely N-dealkylation sites (N-methyl/N-ethyl adjacent to an activating group) is 1. The summed E-state index contributed by atoms with van der Waals surface area (Å²) < 4.78 is 0. The standard InChI is InChI=1S/C11H21N.2C3H8.3C2H6/c1-6-8-9-10(3)11(4)12(5)7-2;2*1-3-2;3*1-2/h6,11H,1,3,7-9H2,2,4-5H3;2*3H2,1-2H3;3*1-2H3. The molecule has 1 unspecified atom stereocenters. The third-order valence-electron chi connectivity index (χ3n) is 2.42. The van der Waals surface area contributed by atoms with Crippen molar-refractivity contribution in [1.82, 2.24) is 4.90 Å². The minimum atomic E-state index is 0.495. The first kappa shape index (κ1) is 38.8. The highest BCUT2D eigenvalue weighted by atomic mass is 15.1. The van der Waals surface area contributed by atoms with E-state index in [-0.39, 0.29) is 0 Å². The molecule has 0 N–H and O–H groups in total. The lowest BCUT2D eigenvalue weighted by Crippen LogP contribution is -2.30. The Morgan fingerprint density at radius 3 is 1.38 bits per heavy atom. The molecule has 152 valence electrons. The van der Waals surface area contributed by atoms with Crippen LogP contribution in [-0.2, 0) is 0 Å². The molecule has 0 aliphatic rings. The summed E-state index contributed by atoms with van der Waals surface area (Å²) >= 11 is 0. The molecular weight excluding hydrogens is 290 g/mol. The fourth-order valence-electron chi connectivity index (χ4n) is 1.08. The van der Waals surface area contributed by atoms with Crippen molar-refractivity contribution in [2.24, 2.45) is 0 Å². The van der Waals surface area contributed by atoms with E-state index in [2.05, 4.69) is 66.6 Å². The average molecular weight is 346 g/mol. The molecule has 0 amide bonds. The molecule has 1 heteroatoms. The zero-order valence-electron chi connectivity index (χ0n) is 20.1. The lowest BCUT2D eigenvalue weighted by molar-refractivity contribution is 0.298. The normalized spacial score (nSPS) is 8.75. The van der Waals surface area contributed by atoms with E-state index in [0.717, 1.165) is 19.4 Å². The van der Waals surface area contributed by atoms with Gasteiger partial charge in [-0.3, -0.25) is 0 Å². The Morgan fingerprint density at radius 1 is 0.875 bits per heavy atom. The Bertz CT molecular complexity index is 171. The Balaban J connectivity index is -0.0000000560. The summed E-state index contributed by atoms with van der Waals surface area (Å²) in [5.41, 5.74) is 1.30. The fraction of sp³-hybridized carbons (Fsp3) is 0.826. The molecular formula is C23H55N. The summed E-state index contributed by atoms with van der Waals surface area (Å²) in [4.78, 5) is 2.30. The highest BCUT2D eigenvalue weighted by Crippen LogP contribution is 2.12. The third kappa shape index (κ3) is 49.6. The maximum absolute atomic E-state index is 4.07. The van der Waals surface area contributed by atoms with Crippen molar-refractivity contribution in [1.29, 1.82) is 0 Å². The van der Waals surface area contributed by atoms with Gasteiger partial charge in [0.05, 0.1) is 0 Å². The van der Waals surface area contributed by atoms with E-state index in [4.69, 9.17) is 0 Å². The van der Waals surface area contributed by atoms with Crippen molar-refractivity contribution in [2.75, 3.05) is 13.6 Å². The van der Waals surface area contributed by atoms with Crippen molar-refractivity contribution in [3.63, 3.8) is 0 Å². The van der Waals surface area contributed by atoms with E-state index in [1.807, 2.05) is 47.6 Å². The molecule has 0 saturated heterocycles. The highest BCUT2D eigenvalue weighted by Gasteiger charge is 2.09. The van der Waals surface area contributed by atoms with Gasteiger partial charge >= 0.3 is 0 Å². The molecule has 1 nitrogen and oxygen atoms in total. The number of allylic oxidation sites excluding steroid dienone is 1. The summed E-state index contributed by atoms with van der Waals surface area (Å²) in [5, 5.41) is 0. The van der Waals surface area contributed by atoms with Gasteiger partial charge < -0.3 is 4.90 Å². The van der Waals surface area contributed by atoms with Crippen LogP contribution < -0.4 is 0 Å². The van der Waals surface area contributed by atoms with Gasteiger partial charge in [-0.15, -0.1) is 6.58 Å². The van der Waals surface area contributed by atoms with Crippen molar-refractivity contribution < 1.29 is 0 Å². The predicted molar refractivity (Wildman–Crippen MR) is 122 cm³/mol. The predicted octanol–water partition coefficient (Wildman–Crippen LogP) is 8.76. The molecule has 0 saturated carbocycles.